The molecule has 0 radical (unpaired) electrons. The van der Waals surface area contributed by atoms with Crippen molar-refractivity contribution in [3.8, 4) is 17.2 Å². The molecule has 0 aromatic carbocycles. The quantitative estimate of drug-likeness (QED) is 0.0618. The van der Waals surface area contributed by atoms with Gasteiger partial charge in [-0.1, -0.05) is 89.5 Å². The SMILES string of the molecule is CCCC(=O)c1c(O)cc(C(C)CCCO[Si](C)(C)C(C)(C)C)oc1=O.CCCC(=O)c1c(O)cc(CC)oc1=O.CCCCO[Si](C)(C)C(C)(C)C.CCc1cc(O)cc(=O)o1. The lowest BCUT2D eigenvalue weighted by Gasteiger charge is -2.36. The molecule has 3 heterocycles. The van der Waals surface area contributed by atoms with Gasteiger partial charge in [-0.2, -0.15) is 0 Å². The molecule has 1 atom stereocenters. The fourth-order valence-corrected chi connectivity index (χ4v) is 7.29. The minimum atomic E-state index is -1.75. The molecule has 13 nitrogen and oxygen atoms in total. The first-order valence-electron chi connectivity index (χ1n) is 22.4. The summed E-state index contributed by atoms with van der Waals surface area (Å²) in [5, 5.41) is 29.0. The van der Waals surface area contributed by atoms with E-state index in [1.165, 1.54) is 31.0 Å². The standard InChI is InChI=1S/C20H34O5Si.C11H14O4.C10H24OSi.C7H8O3/c1-8-10-15(21)18-16(22)13-17(25-19(18)23)14(2)11-9-12-24-26(6,7)20(3,4)5;1-3-5-8(12)10-9(13)6-7(4-2)15-11(10)14;1-7-8-9-11-12(5,6)10(2,3)4;1-2-6-3-5(8)4-7(9)10-6/h13-14,22H,8-12H2,1-7H3;6,13H,3-5H2,1-2H3;7-9H2,1-6H3;3-4,8H,2H2,1H3. The normalized spacial score (nSPS) is 12.2. The Morgan fingerprint density at radius 3 is 1.43 bits per heavy atom. The van der Waals surface area contributed by atoms with Crippen molar-refractivity contribution in [2.45, 2.75) is 189 Å². The van der Waals surface area contributed by atoms with Crippen molar-refractivity contribution in [1.29, 1.82) is 0 Å². The molecule has 3 N–H and O–H groups in total. The number of hydrogen-bond acceptors (Lipinski definition) is 13. The lowest BCUT2D eigenvalue weighted by Crippen LogP contribution is -2.41. The molecule has 0 saturated carbocycles. The topological polar surface area (TPSA) is 204 Å². The van der Waals surface area contributed by atoms with Crippen molar-refractivity contribution in [3.05, 3.63) is 83.9 Å². The van der Waals surface area contributed by atoms with Crippen molar-refractivity contribution in [2.24, 2.45) is 0 Å². The summed E-state index contributed by atoms with van der Waals surface area (Å²) in [6.45, 7) is 35.6. The Bertz CT molecular complexity index is 2030. The molecule has 15 heteroatoms. The van der Waals surface area contributed by atoms with Crippen LogP contribution in [0.5, 0.6) is 17.2 Å². The van der Waals surface area contributed by atoms with Crippen LogP contribution in [0.2, 0.25) is 36.3 Å². The Balaban J connectivity index is 0.000000880. The molecule has 0 fully saturated rings. The maximum absolute atomic E-state index is 12.1. The van der Waals surface area contributed by atoms with Crippen molar-refractivity contribution in [2.75, 3.05) is 13.2 Å². The molecule has 358 valence electrons. The molecular weight excluding hydrogens is 841 g/mol. The van der Waals surface area contributed by atoms with Crippen LogP contribution in [0.15, 0.2) is 51.9 Å². The van der Waals surface area contributed by atoms with Crippen LogP contribution in [0, 0.1) is 0 Å². The first-order chi connectivity index (χ1) is 29.0. The average molecular weight is 921 g/mol. The predicted octanol–water partition coefficient (Wildman–Crippen LogP) is 11.8. The smallest absolute Gasteiger partial charge is 0.350 e. The lowest BCUT2D eigenvalue weighted by molar-refractivity contribution is 0.0965. The highest BCUT2D eigenvalue weighted by molar-refractivity contribution is 6.74. The van der Waals surface area contributed by atoms with E-state index in [2.05, 4.69) is 74.7 Å². The van der Waals surface area contributed by atoms with E-state index in [0.717, 1.165) is 25.5 Å². The molecule has 63 heavy (non-hydrogen) atoms. The Hall–Kier alpha value is -4.06. The van der Waals surface area contributed by atoms with Crippen LogP contribution in [0.4, 0.5) is 0 Å². The highest BCUT2D eigenvalue weighted by Crippen LogP contribution is 2.37. The van der Waals surface area contributed by atoms with Crippen LogP contribution in [0.25, 0.3) is 0 Å². The second-order valence-corrected chi connectivity index (χ2v) is 28.3. The minimum absolute atomic E-state index is 0.0342. The van der Waals surface area contributed by atoms with Crippen molar-refractivity contribution < 1.29 is 47.0 Å². The van der Waals surface area contributed by atoms with E-state index >= 15 is 0 Å². The van der Waals surface area contributed by atoms with Gasteiger partial charge in [-0.3, -0.25) is 9.59 Å². The van der Waals surface area contributed by atoms with E-state index < -0.39 is 33.5 Å². The summed E-state index contributed by atoms with van der Waals surface area (Å²) < 4.78 is 27.0. The van der Waals surface area contributed by atoms with Gasteiger partial charge in [0.2, 0.25) is 0 Å². The highest BCUT2D eigenvalue weighted by Gasteiger charge is 2.37. The first-order valence-corrected chi connectivity index (χ1v) is 28.3. The second-order valence-electron chi connectivity index (χ2n) is 18.7. The summed E-state index contributed by atoms with van der Waals surface area (Å²) >= 11 is 0. The zero-order chi connectivity index (χ0) is 48.9. The van der Waals surface area contributed by atoms with Crippen molar-refractivity contribution in [3.63, 3.8) is 0 Å². The summed E-state index contributed by atoms with van der Waals surface area (Å²) in [7, 11) is -3.20. The van der Waals surface area contributed by atoms with Gasteiger partial charge < -0.3 is 37.4 Å². The van der Waals surface area contributed by atoms with Gasteiger partial charge in [-0.25, -0.2) is 14.4 Å². The van der Waals surface area contributed by atoms with Gasteiger partial charge in [0.15, 0.2) is 28.2 Å². The van der Waals surface area contributed by atoms with Crippen LogP contribution < -0.4 is 16.9 Å². The fraction of sp³-hybridized carbons (Fsp3) is 0.646. The Labute approximate surface area is 377 Å². The van der Waals surface area contributed by atoms with Crippen molar-refractivity contribution >= 4 is 28.2 Å². The van der Waals surface area contributed by atoms with Crippen LogP contribution in [0.3, 0.4) is 0 Å². The van der Waals surface area contributed by atoms with E-state index in [1.807, 2.05) is 27.7 Å². The van der Waals surface area contributed by atoms with E-state index in [-0.39, 0.29) is 63.7 Å². The second kappa shape index (κ2) is 27.3. The van der Waals surface area contributed by atoms with Crippen LogP contribution in [-0.4, -0.2) is 56.7 Å². The summed E-state index contributed by atoms with van der Waals surface area (Å²) in [5.41, 5.74) is -2.46. The monoisotopic (exact) mass is 921 g/mol. The number of carbonyl (C=O) groups is 2. The number of aromatic hydroxyl groups is 3. The largest absolute Gasteiger partial charge is 0.508 e. The zero-order valence-electron chi connectivity index (χ0n) is 41.3. The number of ketones is 2. The summed E-state index contributed by atoms with van der Waals surface area (Å²) in [5.74, 6) is -0.0729. The van der Waals surface area contributed by atoms with Crippen LogP contribution in [0.1, 0.15) is 178 Å². The molecule has 0 spiro atoms. The van der Waals surface area contributed by atoms with Gasteiger partial charge in [0.25, 0.3) is 0 Å². The molecule has 0 aliphatic carbocycles. The Morgan fingerprint density at radius 2 is 1.05 bits per heavy atom. The number of aryl methyl sites for hydroxylation is 2. The number of rotatable bonds is 18. The highest BCUT2D eigenvalue weighted by atomic mass is 28.4. The molecule has 3 rings (SSSR count). The first kappa shape index (κ1) is 58.9. The van der Waals surface area contributed by atoms with Gasteiger partial charge >= 0.3 is 16.9 Å². The molecular formula is C48H80O13Si2. The average Bonchev–Trinajstić information content (AvgIpc) is 3.15. The van der Waals surface area contributed by atoms with E-state index in [0.29, 0.717) is 54.6 Å². The van der Waals surface area contributed by atoms with Crippen LogP contribution >= 0.6 is 0 Å². The molecule has 0 aliphatic rings. The number of Topliss-reactive ketones (excluding diaryl/α,β-unsaturated/α-hetero) is 2. The van der Waals surface area contributed by atoms with Gasteiger partial charge in [0.05, 0.1) is 6.07 Å². The summed E-state index contributed by atoms with van der Waals surface area (Å²) in [6, 6.07) is 5.20. The predicted molar refractivity (Wildman–Crippen MR) is 256 cm³/mol. The fourth-order valence-electron chi connectivity index (χ4n) is 5.12. The maximum Gasteiger partial charge on any atom is 0.350 e. The molecule has 0 bridgehead atoms. The maximum atomic E-state index is 12.1. The molecule has 0 amide bonds. The van der Waals surface area contributed by atoms with Gasteiger partial charge in [-0.05, 0) is 68.4 Å². The van der Waals surface area contributed by atoms with Gasteiger partial charge in [-0.15, -0.1) is 0 Å². The Morgan fingerprint density at radius 1 is 0.619 bits per heavy atom. The van der Waals surface area contributed by atoms with Crippen molar-refractivity contribution in [1.82, 2.24) is 0 Å². The van der Waals surface area contributed by atoms with E-state index in [4.69, 9.17) is 27.2 Å². The third-order valence-corrected chi connectivity index (χ3v) is 20.3. The molecule has 0 saturated heterocycles. The van der Waals surface area contributed by atoms with Gasteiger partial charge in [0.1, 0.15) is 45.7 Å². The third kappa shape index (κ3) is 20.5. The number of carbonyl (C=O) groups excluding carboxylic acids is 2. The summed E-state index contributed by atoms with van der Waals surface area (Å²) in [4.78, 5) is 57.4. The Kier molecular flexibility index (Phi) is 25.6. The summed E-state index contributed by atoms with van der Waals surface area (Å²) in [6.07, 6.45) is 6.88. The van der Waals surface area contributed by atoms with E-state index in [9.17, 15) is 34.2 Å². The molecule has 3 aromatic rings. The lowest BCUT2D eigenvalue weighted by atomic mass is 10.0. The molecule has 0 aliphatic heterocycles. The zero-order valence-corrected chi connectivity index (χ0v) is 43.3. The minimum Gasteiger partial charge on any atom is -0.508 e. The third-order valence-electron chi connectivity index (χ3n) is 11.2. The molecule has 3 aromatic heterocycles. The van der Waals surface area contributed by atoms with Gasteiger partial charge in [0, 0.05) is 63.0 Å². The van der Waals surface area contributed by atoms with Crippen LogP contribution in [-0.2, 0) is 21.7 Å². The van der Waals surface area contributed by atoms with E-state index in [1.54, 1.807) is 6.92 Å². The number of hydrogen-bond donors (Lipinski definition) is 3. The number of unbranched alkanes of at least 4 members (excludes halogenated alkanes) is 1. The molecule has 1 unspecified atom stereocenters.